The monoisotopic (exact) mass is 308 g/mol. The minimum absolute atomic E-state index is 0.715. The van der Waals surface area contributed by atoms with Gasteiger partial charge in [0.15, 0.2) is 0 Å². The Balaban J connectivity index is 2.09. The van der Waals surface area contributed by atoms with Crippen molar-refractivity contribution in [3.63, 3.8) is 0 Å². The Hall–Kier alpha value is -1.69. The quantitative estimate of drug-likeness (QED) is 0.798. The van der Waals surface area contributed by atoms with Crippen molar-refractivity contribution in [3.8, 4) is 5.75 Å². The molecule has 0 amide bonds. The second-order valence-electron chi connectivity index (χ2n) is 3.62. The van der Waals surface area contributed by atoms with Crippen molar-refractivity contribution in [3.05, 3.63) is 40.9 Å². The summed E-state index contributed by atoms with van der Waals surface area (Å²) in [4.78, 5) is 0. The van der Waals surface area contributed by atoms with Gasteiger partial charge in [-0.05, 0) is 46.1 Å². The van der Waals surface area contributed by atoms with Gasteiger partial charge >= 0.3 is 0 Å². The first-order chi connectivity index (χ1) is 8.79. The molecule has 1 aromatic heterocycles. The number of aromatic nitrogens is 3. The third-order valence-electron chi connectivity index (χ3n) is 2.16. The number of ether oxygens (including phenoxy) is 1. The first-order valence-electron chi connectivity index (χ1n) is 5.61. The summed E-state index contributed by atoms with van der Waals surface area (Å²) in [6, 6.07) is 5.83. The van der Waals surface area contributed by atoms with E-state index in [4.69, 9.17) is 4.74 Å². The zero-order chi connectivity index (χ0) is 12.8. The molecule has 0 N–H and O–H groups in total. The molecule has 0 aliphatic rings. The van der Waals surface area contributed by atoms with E-state index in [0.717, 1.165) is 22.2 Å². The molecule has 0 atom stereocenters. The van der Waals surface area contributed by atoms with Crippen LogP contribution in [0, 0.1) is 0 Å². The maximum absolute atomic E-state index is 5.57. The minimum atomic E-state index is 0.715. The van der Waals surface area contributed by atoms with Crippen molar-refractivity contribution in [1.29, 1.82) is 0 Å². The second-order valence-corrected chi connectivity index (χ2v) is 4.48. The van der Waals surface area contributed by atoms with E-state index in [-0.39, 0.29) is 0 Å². The molecule has 1 aromatic carbocycles. The molecule has 0 spiro atoms. The van der Waals surface area contributed by atoms with Crippen molar-refractivity contribution >= 4 is 22.1 Å². The fourth-order valence-corrected chi connectivity index (χ4v) is 1.83. The maximum Gasteiger partial charge on any atom is 0.141 e. The third-order valence-corrected chi connectivity index (χ3v) is 2.78. The van der Waals surface area contributed by atoms with Gasteiger partial charge in [0.25, 0.3) is 0 Å². The summed E-state index contributed by atoms with van der Waals surface area (Å²) in [5.74, 6) is 0.846. The molecule has 0 bridgehead atoms. The van der Waals surface area contributed by atoms with E-state index in [1.807, 2.05) is 18.2 Å². The number of hydrogen-bond donors (Lipinski definition) is 0. The van der Waals surface area contributed by atoms with Gasteiger partial charge in [0.1, 0.15) is 18.4 Å². The highest BCUT2D eigenvalue weighted by atomic mass is 79.9. The lowest BCUT2D eigenvalue weighted by Gasteiger charge is -2.07. The summed E-state index contributed by atoms with van der Waals surface area (Å²) in [6.07, 6.45) is 5.79. The average Bonchev–Trinajstić information content (AvgIpc) is 2.88. The summed E-state index contributed by atoms with van der Waals surface area (Å²) >= 11 is 3.48. The second kappa shape index (κ2) is 6.30. The van der Waals surface area contributed by atoms with Crippen molar-refractivity contribution in [2.45, 2.75) is 13.3 Å². The highest BCUT2D eigenvalue weighted by molar-refractivity contribution is 9.10. The standard InChI is InChI=1S/C12H13BrN4O/c1-2-5-18-12-4-3-10(6-11(12)13)7-16-17-8-14-15-9-17/h3-4,6-9H,2,5H2,1H3/b16-7-. The lowest BCUT2D eigenvalue weighted by molar-refractivity contribution is 0.315. The summed E-state index contributed by atoms with van der Waals surface area (Å²) in [7, 11) is 0. The predicted molar refractivity (Wildman–Crippen MR) is 72.9 cm³/mol. The van der Waals surface area contributed by atoms with Gasteiger partial charge in [-0.3, -0.25) is 0 Å². The van der Waals surface area contributed by atoms with Gasteiger partial charge in [0, 0.05) is 0 Å². The van der Waals surface area contributed by atoms with Crippen molar-refractivity contribution in [1.82, 2.24) is 14.9 Å². The Morgan fingerprint density at radius 3 is 2.83 bits per heavy atom. The van der Waals surface area contributed by atoms with Gasteiger partial charge in [0.2, 0.25) is 0 Å². The topological polar surface area (TPSA) is 52.3 Å². The first kappa shape index (κ1) is 12.8. The number of hydrogen-bond acceptors (Lipinski definition) is 4. The Morgan fingerprint density at radius 2 is 2.17 bits per heavy atom. The fourth-order valence-electron chi connectivity index (χ4n) is 1.31. The van der Waals surface area contributed by atoms with Crippen LogP contribution in [0.4, 0.5) is 0 Å². The van der Waals surface area contributed by atoms with Gasteiger partial charge in [-0.25, -0.2) is 4.68 Å². The van der Waals surface area contributed by atoms with E-state index < -0.39 is 0 Å². The van der Waals surface area contributed by atoms with Gasteiger partial charge < -0.3 is 4.74 Å². The van der Waals surface area contributed by atoms with Crippen LogP contribution in [0.15, 0.2) is 40.4 Å². The van der Waals surface area contributed by atoms with E-state index in [1.54, 1.807) is 6.21 Å². The maximum atomic E-state index is 5.57. The molecular formula is C12H13BrN4O. The Labute approximate surface area is 114 Å². The molecule has 0 saturated carbocycles. The van der Waals surface area contributed by atoms with E-state index in [2.05, 4.69) is 38.2 Å². The van der Waals surface area contributed by atoms with E-state index in [1.165, 1.54) is 17.3 Å². The number of rotatable bonds is 5. The van der Waals surface area contributed by atoms with Gasteiger partial charge in [-0.15, -0.1) is 10.2 Å². The molecule has 0 fully saturated rings. The molecular weight excluding hydrogens is 296 g/mol. The Bertz CT molecular complexity index is 525. The van der Waals surface area contributed by atoms with E-state index in [0.29, 0.717) is 6.61 Å². The smallest absolute Gasteiger partial charge is 0.141 e. The first-order valence-corrected chi connectivity index (χ1v) is 6.40. The lowest BCUT2D eigenvalue weighted by Crippen LogP contribution is -1.96. The van der Waals surface area contributed by atoms with Crippen molar-refractivity contribution in [2.24, 2.45) is 5.10 Å². The fraction of sp³-hybridized carbons (Fsp3) is 0.250. The largest absolute Gasteiger partial charge is 0.492 e. The van der Waals surface area contributed by atoms with Crippen LogP contribution in [0.25, 0.3) is 0 Å². The predicted octanol–water partition coefficient (Wildman–Crippen LogP) is 2.71. The molecule has 2 aromatic rings. The van der Waals surface area contributed by atoms with Crippen LogP contribution < -0.4 is 4.74 Å². The molecule has 0 aliphatic carbocycles. The van der Waals surface area contributed by atoms with Gasteiger partial charge in [0.05, 0.1) is 17.3 Å². The molecule has 0 aliphatic heterocycles. The number of benzene rings is 1. The zero-order valence-corrected chi connectivity index (χ0v) is 11.5. The van der Waals surface area contributed by atoms with Crippen LogP contribution in [0.5, 0.6) is 5.75 Å². The van der Waals surface area contributed by atoms with Crippen LogP contribution in [0.3, 0.4) is 0 Å². The molecule has 6 heteroatoms. The Morgan fingerprint density at radius 1 is 1.39 bits per heavy atom. The SMILES string of the molecule is CCCOc1ccc(/C=N\n2cnnc2)cc1Br. The van der Waals surface area contributed by atoms with Gasteiger partial charge in [-0.2, -0.15) is 5.10 Å². The van der Waals surface area contributed by atoms with Crippen molar-refractivity contribution in [2.75, 3.05) is 6.61 Å². The minimum Gasteiger partial charge on any atom is -0.492 e. The average molecular weight is 309 g/mol. The molecule has 18 heavy (non-hydrogen) atoms. The Kier molecular flexibility index (Phi) is 4.46. The summed E-state index contributed by atoms with van der Waals surface area (Å²) < 4.78 is 8.03. The zero-order valence-electron chi connectivity index (χ0n) is 9.95. The van der Waals surface area contributed by atoms with Crippen LogP contribution in [-0.4, -0.2) is 27.7 Å². The molecule has 0 unspecified atom stereocenters. The highest BCUT2D eigenvalue weighted by Crippen LogP contribution is 2.25. The van der Waals surface area contributed by atoms with Crippen molar-refractivity contribution < 1.29 is 4.74 Å². The van der Waals surface area contributed by atoms with Crippen LogP contribution in [-0.2, 0) is 0 Å². The highest BCUT2D eigenvalue weighted by Gasteiger charge is 2.01. The number of nitrogens with zero attached hydrogens (tertiary/aromatic N) is 4. The molecule has 0 saturated heterocycles. The molecule has 1 heterocycles. The van der Waals surface area contributed by atoms with Crippen LogP contribution in [0.2, 0.25) is 0 Å². The lowest BCUT2D eigenvalue weighted by atomic mass is 10.2. The van der Waals surface area contributed by atoms with Gasteiger partial charge in [-0.1, -0.05) is 6.92 Å². The molecule has 2 rings (SSSR count). The third kappa shape index (κ3) is 3.40. The molecule has 0 radical (unpaired) electrons. The summed E-state index contributed by atoms with van der Waals surface area (Å²) in [5, 5.41) is 11.5. The normalized spacial score (nSPS) is 11.0. The molecule has 5 nitrogen and oxygen atoms in total. The number of halogens is 1. The summed E-state index contributed by atoms with van der Waals surface area (Å²) in [6.45, 7) is 2.79. The van der Waals surface area contributed by atoms with E-state index in [9.17, 15) is 0 Å². The van der Waals surface area contributed by atoms with E-state index >= 15 is 0 Å². The molecule has 94 valence electrons. The van der Waals surface area contributed by atoms with Crippen LogP contribution in [0.1, 0.15) is 18.9 Å². The van der Waals surface area contributed by atoms with Crippen LogP contribution >= 0.6 is 15.9 Å². The summed E-state index contributed by atoms with van der Waals surface area (Å²) in [5.41, 5.74) is 0.972.